The van der Waals surface area contributed by atoms with Crippen molar-refractivity contribution in [3.8, 4) is 28.4 Å². The third kappa shape index (κ3) is 4.17. The molecule has 8 heteroatoms. The number of fused-ring (bicyclic) bond motifs is 1. The van der Waals surface area contributed by atoms with Crippen LogP contribution in [0.2, 0.25) is 0 Å². The zero-order valence-corrected chi connectivity index (χ0v) is 18.4. The van der Waals surface area contributed by atoms with Crippen LogP contribution in [0.15, 0.2) is 80.8 Å². The first-order valence-corrected chi connectivity index (χ1v) is 11.0. The van der Waals surface area contributed by atoms with Crippen LogP contribution >= 0.6 is 0 Å². The molecule has 0 fully saturated rings. The number of methoxy groups -OCH3 is 2. The van der Waals surface area contributed by atoms with Gasteiger partial charge in [0.25, 0.3) is 0 Å². The van der Waals surface area contributed by atoms with Gasteiger partial charge in [-0.05, 0) is 55.0 Å². The molecule has 1 heterocycles. The lowest BCUT2D eigenvalue weighted by Crippen LogP contribution is -2.10. The van der Waals surface area contributed by atoms with Crippen molar-refractivity contribution in [2.75, 3.05) is 14.2 Å². The maximum absolute atomic E-state index is 12.6. The van der Waals surface area contributed by atoms with E-state index in [2.05, 4.69) is 0 Å². The van der Waals surface area contributed by atoms with Crippen molar-refractivity contribution >= 4 is 21.1 Å². The molecule has 0 bridgehead atoms. The van der Waals surface area contributed by atoms with E-state index < -0.39 is 15.7 Å². The van der Waals surface area contributed by atoms with Crippen molar-refractivity contribution in [2.45, 2.75) is 11.8 Å². The molecule has 0 saturated carbocycles. The molecule has 0 aliphatic carbocycles. The number of ether oxygens (including phenoxy) is 2. The second kappa shape index (κ2) is 8.39. The van der Waals surface area contributed by atoms with Crippen LogP contribution in [0, 0.1) is 6.92 Å². The number of benzene rings is 3. The molecule has 0 atom stereocenters. The normalized spacial score (nSPS) is 11.3. The summed E-state index contributed by atoms with van der Waals surface area (Å²) < 4.78 is 46.3. The van der Waals surface area contributed by atoms with Gasteiger partial charge in [0.05, 0.1) is 19.8 Å². The zero-order chi connectivity index (χ0) is 22.9. The van der Waals surface area contributed by atoms with Gasteiger partial charge in [-0.25, -0.2) is 4.79 Å². The van der Waals surface area contributed by atoms with Gasteiger partial charge in [0.15, 0.2) is 11.5 Å². The molecule has 3 aromatic carbocycles. The quantitative estimate of drug-likeness (QED) is 0.313. The molecule has 0 aliphatic rings. The molecule has 32 heavy (non-hydrogen) atoms. The summed E-state index contributed by atoms with van der Waals surface area (Å²) in [6.07, 6.45) is 0. The van der Waals surface area contributed by atoms with Crippen molar-refractivity contribution in [1.82, 2.24) is 0 Å². The van der Waals surface area contributed by atoms with Crippen molar-refractivity contribution < 1.29 is 26.5 Å². The summed E-state index contributed by atoms with van der Waals surface area (Å²) in [7, 11) is -0.981. The third-order valence-corrected chi connectivity index (χ3v) is 6.18. The van der Waals surface area contributed by atoms with E-state index in [0.29, 0.717) is 28.0 Å². The van der Waals surface area contributed by atoms with Crippen molar-refractivity contribution in [2.24, 2.45) is 0 Å². The molecule has 4 rings (SSSR count). The molecule has 0 spiro atoms. The summed E-state index contributed by atoms with van der Waals surface area (Å²) in [5.41, 5.74) is 1.49. The highest BCUT2D eigenvalue weighted by Crippen LogP contribution is 2.32. The summed E-state index contributed by atoms with van der Waals surface area (Å²) in [6, 6.07) is 17.6. The molecule has 4 aromatic rings. The Hall–Kier alpha value is -3.78. The Morgan fingerprint density at radius 2 is 1.53 bits per heavy atom. The highest BCUT2D eigenvalue weighted by Gasteiger charge is 2.18. The first-order valence-electron chi connectivity index (χ1n) is 9.62. The zero-order valence-electron chi connectivity index (χ0n) is 17.6. The maximum atomic E-state index is 12.6. The molecule has 0 saturated heterocycles. The minimum absolute atomic E-state index is 0.0356. The molecule has 164 valence electrons. The van der Waals surface area contributed by atoms with Gasteiger partial charge in [0.1, 0.15) is 16.2 Å². The number of rotatable bonds is 6. The lowest BCUT2D eigenvalue weighted by atomic mass is 10.1. The van der Waals surface area contributed by atoms with Gasteiger partial charge in [0, 0.05) is 11.5 Å². The topological polar surface area (TPSA) is 92.0 Å². The molecule has 1 aromatic heterocycles. The first kappa shape index (κ1) is 21.5. The smallest absolute Gasteiger partial charge is 0.344 e. The van der Waals surface area contributed by atoms with Gasteiger partial charge in [-0.1, -0.05) is 23.8 Å². The minimum atomic E-state index is -4.02. The predicted molar refractivity (Wildman–Crippen MR) is 120 cm³/mol. The Kier molecular flexibility index (Phi) is 5.63. The average Bonchev–Trinajstić information content (AvgIpc) is 2.78. The van der Waals surface area contributed by atoms with E-state index in [9.17, 15) is 13.2 Å². The Morgan fingerprint density at radius 3 is 2.22 bits per heavy atom. The highest BCUT2D eigenvalue weighted by molar-refractivity contribution is 7.87. The van der Waals surface area contributed by atoms with Gasteiger partial charge >= 0.3 is 15.7 Å². The van der Waals surface area contributed by atoms with Crippen LogP contribution in [0.3, 0.4) is 0 Å². The van der Waals surface area contributed by atoms with Crippen molar-refractivity contribution in [3.63, 3.8) is 0 Å². The van der Waals surface area contributed by atoms with Crippen molar-refractivity contribution in [3.05, 3.63) is 82.7 Å². The first-order chi connectivity index (χ1) is 15.3. The van der Waals surface area contributed by atoms with Gasteiger partial charge in [0.2, 0.25) is 0 Å². The van der Waals surface area contributed by atoms with Crippen LogP contribution in [-0.2, 0) is 10.1 Å². The second-order valence-corrected chi connectivity index (χ2v) is 8.61. The van der Waals surface area contributed by atoms with Crippen LogP contribution in [-0.4, -0.2) is 22.6 Å². The molecular formula is C24H20O7S. The predicted octanol–water partition coefficient (Wildman–Crippen LogP) is 4.55. The highest BCUT2D eigenvalue weighted by atomic mass is 32.2. The fourth-order valence-corrected chi connectivity index (χ4v) is 4.15. The SMILES string of the molecule is COc1ccc(-c2cc3ccc(OS(=O)(=O)c4ccc(C)cc4)cc3oc2=O)cc1OC. The molecule has 0 aliphatic heterocycles. The standard InChI is InChI=1S/C24H20O7S/c1-15-4-9-19(10-5-15)32(26,27)31-18-8-6-17-12-20(24(25)30-22(17)14-18)16-7-11-21(28-2)23(13-16)29-3/h4-14H,1-3H3. The number of hydrogen-bond donors (Lipinski definition) is 0. The maximum Gasteiger partial charge on any atom is 0.344 e. The minimum Gasteiger partial charge on any atom is -0.493 e. The lowest BCUT2D eigenvalue weighted by Gasteiger charge is -2.10. The number of hydrogen-bond acceptors (Lipinski definition) is 7. The van der Waals surface area contributed by atoms with E-state index in [1.165, 1.54) is 38.5 Å². The Bertz CT molecular complexity index is 1450. The van der Waals surface area contributed by atoms with E-state index in [4.69, 9.17) is 18.1 Å². The van der Waals surface area contributed by atoms with E-state index in [-0.39, 0.29) is 16.2 Å². The molecule has 0 radical (unpaired) electrons. The van der Waals surface area contributed by atoms with Crippen LogP contribution in [0.4, 0.5) is 0 Å². The van der Waals surface area contributed by atoms with Crippen LogP contribution in [0.5, 0.6) is 17.2 Å². The van der Waals surface area contributed by atoms with Crippen LogP contribution < -0.4 is 19.3 Å². The van der Waals surface area contributed by atoms with Crippen molar-refractivity contribution in [1.29, 1.82) is 0 Å². The Morgan fingerprint density at radius 1 is 0.812 bits per heavy atom. The summed E-state index contributed by atoms with van der Waals surface area (Å²) in [5.74, 6) is 1.06. The largest absolute Gasteiger partial charge is 0.493 e. The van der Waals surface area contributed by atoms with E-state index >= 15 is 0 Å². The molecule has 7 nitrogen and oxygen atoms in total. The van der Waals surface area contributed by atoms with E-state index in [0.717, 1.165) is 5.56 Å². The molecule has 0 unspecified atom stereocenters. The molecule has 0 amide bonds. The Labute approximate surface area is 184 Å². The molecule has 0 N–H and O–H groups in total. The number of aryl methyl sites for hydroxylation is 1. The van der Waals surface area contributed by atoms with Gasteiger partial charge in [-0.3, -0.25) is 0 Å². The van der Waals surface area contributed by atoms with Gasteiger partial charge in [-0.15, -0.1) is 0 Å². The summed E-state index contributed by atoms with van der Waals surface area (Å²) in [6.45, 7) is 1.86. The van der Waals surface area contributed by atoms with E-state index in [1.54, 1.807) is 42.5 Å². The Balaban J connectivity index is 1.70. The summed E-state index contributed by atoms with van der Waals surface area (Å²) in [4.78, 5) is 12.7. The monoisotopic (exact) mass is 452 g/mol. The average molecular weight is 452 g/mol. The van der Waals surface area contributed by atoms with Gasteiger partial charge < -0.3 is 18.1 Å². The van der Waals surface area contributed by atoms with Crippen LogP contribution in [0.25, 0.3) is 22.1 Å². The summed E-state index contributed by atoms with van der Waals surface area (Å²) in [5, 5.41) is 0.606. The third-order valence-electron chi connectivity index (χ3n) is 4.92. The molecular weight excluding hydrogens is 432 g/mol. The summed E-state index contributed by atoms with van der Waals surface area (Å²) >= 11 is 0. The fourth-order valence-electron chi connectivity index (χ4n) is 3.23. The fraction of sp³-hybridized carbons (Fsp3) is 0.125. The van der Waals surface area contributed by atoms with Crippen LogP contribution in [0.1, 0.15) is 5.56 Å². The second-order valence-electron chi connectivity index (χ2n) is 7.07. The van der Waals surface area contributed by atoms with Gasteiger partial charge in [-0.2, -0.15) is 8.42 Å². The lowest BCUT2D eigenvalue weighted by molar-refractivity contribution is 0.355. The van der Waals surface area contributed by atoms with E-state index in [1.807, 2.05) is 6.92 Å².